The lowest BCUT2D eigenvalue weighted by atomic mass is 10.2. The van der Waals surface area contributed by atoms with Gasteiger partial charge in [0.05, 0.1) is 29.6 Å². The van der Waals surface area contributed by atoms with E-state index in [1.54, 1.807) is 37.4 Å². The van der Waals surface area contributed by atoms with Gasteiger partial charge in [0.2, 0.25) is 0 Å². The number of hydrogen-bond acceptors (Lipinski definition) is 7. The van der Waals surface area contributed by atoms with Gasteiger partial charge in [0.15, 0.2) is 5.82 Å². The minimum Gasteiger partial charge on any atom is -0.465 e. The van der Waals surface area contributed by atoms with Crippen LogP contribution in [0.3, 0.4) is 0 Å². The molecule has 0 amide bonds. The fourth-order valence-corrected chi connectivity index (χ4v) is 1.83. The summed E-state index contributed by atoms with van der Waals surface area (Å²) in [5.41, 5.74) is 2.83. The number of pyridine rings is 2. The van der Waals surface area contributed by atoms with E-state index in [1.807, 2.05) is 12.1 Å². The molecule has 3 aromatic heterocycles. The summed E-state index contributed by atoms with van der Waals surface area (Å²) in [6, 6.07) is 7.08. The number of hydrogen-bond donors (Lipinski definition) is 0. The average molecular weight is 350 g/mol. The number of carbonyl (C=O) groups is 1. The van der Waals surface area contributed by atoms with Crippen LogP contribution in [-0.2, 0) is 4.74 Å². The molecule has 132 valence electrons. The molecule has 0 spiro atoms. The lowest BCUT2D eigenvalue weighted by molar-refractivity contribution is 0.0600. The van der Waals surface area contributed by atoms with Crippen LogP contribution in [-0.4, -0.2) is 33.2 Å². The predicted octanol–water partition coefficient (Wildman–Crippen LogP) is 3.59. The molecule has 0 radical (unpaired) electrons. The van der Waals surface area contributed by atoms with E-state index in [4.69, 9.17) is 4.52 Å². The molecular formula is C19H18N4O3. The second kappa shape index (κ2) is 9.03. The molecule has 7 nitrogen and oxygen atoms in total. The topological polar surface area (TPSA) is 91.0 Å². The third kappa shape index (κ3) is 4.94. The molecule has 0 saturated heterocycles. The molecule has 0 fully saturated rings. The van der Waals surface area contributed by atoms with E-state index in [-0.39, 0.29) is 5.97 Å². The Kier molecular flexibility index (Phi) is 6.50. The Morgan fingerprint density at radius 1 is 1.08 bits per heavy atom. The summed E-state index contributed by atoms with van der Waals surface area (Å²) in [7, 11) is 1.34. The fraction of sp³-hybridized carbons (Fsp3) is 0.105. The first-order valence-electron chi connectivity index (χ1n) is 7.63. The Hall–Kier alpha value is -3.61. The van der Waals surface area contributed by atoms with E-state index in [1.165, 1.54) is 13.3 Å². The standard InChI is InChI=1S/C10H9N3O.C9H9NO2/c1-3-9-5-4-8(6-11-9)10-12-7(2)13-14-10;1-3-8-5-4-7(6-10-8)9(11)12-2/h3-6H,1H2,2H3;3-6H,1H2,2H3. The fourth-order valence-electron chi connectivity index (χ4n) is 1.83. The van der Waals surface area contributed by atoms with Gasteiger partial charge in [-0.1, -0.05) is 18.3 Å². The minimum atomic E-state index is -0.377. The highest BCUT2D eigenvalue weighted by atomic mass is 16.5. The van der Waals surface area contributed by atoms with E-state index in [2.05, 4.69) is 38.0 Å². The van der Waals surface area contributed by atoms with Crippen molar-refractivity contribution in [1.82, 2.24) is 20.1 Å². The van der Waals surface area contributed by atoms with Crippen LogP contribution in [0.5, 0.6) is 0 Å². The molecule has 0 bridgehead atoms. The van der Waals surface area contributed by atoms with Crippen molar-refractivity contribution >= 4 is 18.1 Å². The maximum Gasteiger partial charge on any atom is 0.339 e. The van der Waals surface area contributed by atoms with Crippen LogP contribution in [0.25, 0.3) is 23.6 Å². The van der Waals surface area contributed by atoms with Gasteiger partial charge in [-0.2, -0.15) is 4.98 Å². The highest BCUT2D eigenvalue weighted by Crippen LogP contribution is 2.15. The van der Waals surface area contributed by atoms with E-state index in [0.717, 1.165) is 17.0 Å². The molecule has 3 aromatic rings. The largest absolute Gasteiger partial charge is 0.465 e. The number of ether oxygens (including phenoxy) is 1. The van der Waals surface area contributed by atoms with Gasteiger partial charge in [0.25, 0.3) is 5.89 Å². The lowest BCUT2D eigenvalue weighted by Gasteiger charge is -1.97. The second-order valence-electron chi connectivity index (χ2n) is 4.99. The minimum absolute atomic E-state index is 0.377. The number of nitrogens with zero attached hydrogens (tertiary/aromatic N) is 4. The maximum atomic E-state index is 10.9. The van der Waals surface area contributed by atoms with Crippen LogP contribution in [0, 0.1) is 6.92 Å². The van der Waals surface area contributed by atoms with Crippen molar-refractivity contribution in [3.05, 3.63) is 72.6 Å². The van der Waals surface area contributed by atoms with Crippen molar-refractivity contribution in [1.29, 1.82) is 0 Å². The number of methoxy groups -OCH3 is 1. The third-order valence-electron chi connectivity index (χ3n) is 3.19. The third-order valence-corrected chi connectivity index (χ3v) is 3.19. The van der Waals surface area contributed by atoms with Gasteiger partial charge in [-0.15, -0.1) is 0 Å². The summed E-state index contributed by atoms with van der Waals surface area (Å²) in [4.78, 5) is 23.1. The Labute approximate surface area is 151 Å². The average Bonchev–Trinajstić information content (AvgIpc) is 3.14. The van der Waals surface area contributed by atoms with Crippen LogP contribution in [0.2, 0.25) is 0 Å². The smallest absolute Gasteiger partial charge is 0.339 e. The summed E-state index contributed by atoms with van der Waals surface area (Å²) in [6.45, 7) is 8.95. The van der Waals surface area contributed by atoms with Crippen LogP contribution in [0.15, 0.2) is 54.3 Å². The molecule has 0 aliphatic rings. The molecular weight excluding hydrogens is 332 g/mol. The molecule has 0 aromatic carbocycles. The molecule has 0 aliphatic carbocycles. The van der Waals surface area contributed by atoms with Crippen molar-refractivity contribution in [3.63, 3.8) is 0 Å². The van der Waals surface area contributed by atoms with E-state index < -0.39 is 0 Å². The summed E-state index contributed by atoms with van der Waals surface area (Å²) >= 11 is 0. The zero-order valence-corrected chi connectivity index (χ0v) is 14.5. The van der Waals surface area contributed by atoms with Gasteiger partial charge in [-0.25, -0.2) is 4.79 Å². The van der Waals surface area contributed by atoms with Gasteiger partial charge in [0, 0.05) is 12.4 Å². The van der Waals surface area contributed by atoms with Crippen LogP contribution in [0.4, 0.5) is 0 Å². The zero-order chi connectivity index (χ0) is 18.9. The molecule has 7 heteroatoms. The van der Waals surface area contributed by atoms with Crippen molar-refractivity contribution in [2.75, 3.05) is 7.11 Å². The van der Waals surface area contributed by atoms with Crippen molar-refractivity contribution in [2.45, 2.75) is 6.92 Å². The first-order chi connectivity index (χ1) is 12.6. The molecule has 26 heavy (non-hydrogen) atoms. The van der Waals surface area contributed by atoms with Gasteiger partial charge in [-0.05, 0) is 43.3 Å². The summed E-state index contributed by atoms with van der Waals surface area (Å²) in [5.74, 6) is 0.733. The zero-order valence-electron chi connectivity index (χ0n) is 14.5. The Bertz CT molecular complexity index is 884. The van der Waals surface area contributed by atoms with Crippen molar-refractivity contribution in [2.24, 2.45) is 0 Å². The van der Waals surface area contributed by atoms with Crippen LogP contribution < -0.4 is 0 Å². The molecule has 0 N–H and O–H groups in total. The molecule has 3 heterocycles. The molecule has 0 aliphatic heterocycles. The maximum absolute atomic E-state index is 10.9. The van der Waals surface area contributed by atoms with Gasteiger partial charge >= 0.3 is 5.97 Å². The SMILES string of the molecule is C=Cc1ccc(-c2nc(C)no2)cn1.C=Cc1ccc(C(=O)OC)cn1. The van der Waals surface area contributed by atoms with Crippen LogP contribution in [0.1, 0.15) is 27.6 Å². The van der Waals surface area contributed by atoms with Crippen molar-refractivity contribution < 1.29 is 14.1 Å². The molecule has 0 unspecified atom stereocenters. The normalized spacial score (nSPS) is 9.62. The van der Waals surface area contributed by atoms with Crippen LogP contribution >= 0.6 is 0 Å². The molecule has 0 saturated carbocycles. The highest BCUT2D eigenvalue weighted by Gasteiger charge is 2.05. The number of aromatic nitrogens is 4. The Morgan fingerprint density at radius 2 is 1.73 bits per heavy atom. The summed E-state index contributed by atoms with van der Waals surface area (Å²) in [5, 5.41) is 3.70. The summed E-state index contributed by atoms with van der Waals surface area (Å²) in [6.07, 6.45) is 6.44. The number of aryl methyl sites for hydroxylation is 1. The monoisotopic (exact) mass is 350 g/mol. The second-order valence-corrected chi connectivity index (χ2v) is 4.99. The predicted molar refractivity (Wildman–Crippen MR) is 98.0 cm³/mol. The highest BCUT2D eigenvalue weighted by molar-refractivity contribution is 5.88. The van der Waals surface area contributed by atoms with Crippen molar-refractivity contribution in [3.8, 4) is 11.5 Å². The van der Waals surface area contributed by atoms with Gasteiger partial charge in [-0.3, -0.25) is 9.97 Å². The summed E-state index contributed by atoms with van der Waals surface area (Å²) < 4.78 is 9.50. The Morgan fingerprint density at radius 3 is 2.15 bits per heavy atom. The first kappa shape index (κ1) is 18.7. The number of carbonyl (C=O) groups excluding carboxylic acids is 1. The quantitative estimate of drug-likeness (QED) is 0.664. The van der Waals surface area contributed by atoms with Gasteiger partial charge in [0.1, 0.15) is 0 Å². The number of esters is 1. The van der Waals surface area contributed by atoms with E-state index in [0.29, 0.717) is 17.3 Å². The van der Waals surface area contributed by atoms with Gasteiger partial charge < -0.3 is 9.26 Å². The van der Waals surface area contributed by atoms with E-state index in [9.17, 15) is 4.79 Å². The first-order valence-corrected chi connectivity index (χ1v) is 7.63. The Balaban J connectivity index is 0.000000190. The molecule has 3 rings (SSSR count). The van der Waals surface area contributed by atoms with E-state index >= 15 is 0 Å². The lowest BCUT2D eigenvalue weighted by Crippen LogP contribution is -2.01. The number of rotatable bonds is 4. The molecule has 0 atom stereocenters.